The van der Waals surface area contributed by atoms with Crippen molar-refractivity contribution in [1.82, 2.24) is 15.1 Å². The second-order valence-electron chi connectivity index (χ2n) is 7.24. The summed E-state index contributed by atoms with van der Waals surface area (Å²) in [5.74, 6) is 1.02. The molecule has 3 rings (SSSR count). The highest BCUT2D eigenvalue weighted by Gasteiger charge is 2.37. The SMILES string of the molecule is Cc1ccc(CN2CCNC(=O)C2CC(=O)N2CCC(OC(F)(F)F)CC2)o1.O=CO. The Bertz CT molecular complexity index is 746. The van der Waals surface area contributed by atoms with E-state index in [0.717, 1.165) is 11.5 Å². The molecule has 1 unspecified atom stereocenters. The number of carboxylic acid groups (broad SMARTS) is 1. The summed E-state index contributed by atoms with van der Waals surface area (Å²) in [6, 6.07) is 3.05. The van der Waals surface area contributed by atoms with Crippen molar-refractivity contribution in [3.8, 4) is 0 Å². The first-order valence-corrected chi connectivity index (χ1v) is 9.80. The molecule has 0 bridgehead atoms. The van der Waals surface area contributed by atoms with Gasteiger partial charge < -0.3 is 19.7 Å². The third-order valence-corrected chi connectivity index (χ3v) is 5.06. The lowest BCUT2D eigenvalue weighted by Crippen LogP contribution is -2.56. The number of hydrogen-bond donors (Lipinski definition) is 2. The first-order chi connectivity index (χ1) is 14.6. The van der Waals surface area contributed by atoms with Gasteiger partial charge in [0.1, 0.15) is 11.5 Å². The summed E-state index contributed by atoms with van der Waals surface area (Å²) in [6.07, 6.45) is -5.37. The van der Waals surface area contributed by atoms with E-state index in [2.05, 4.69) is 10.1 Å². The monoisotopic (exact) mass is 449 g/mol. The number of aryl methyl sites for hydroxylation is 1. The maximum Gasteiger partial charge on any atom is 0.522 e. The van der Waals surface area contributed by atoms with Crippen LogP contribution >= 0.6 is 0 Å². The molecule has 0 saturated carbocycles. The van der Waals surface area contributed by atoms with Crippen molar-refractivity contribution >= 4 is 18.3 Å². The molecule has 0 aromatic carbocycles. The van der Waals surface area contributed by atoms with Crippen LogP contribution in [0.15, 0.2) is 16.5 Å². The standard InChI is InChI=1S/C18H24F3N3O4.CH2O2/c1-12-2-3-14(27-12)11-24-9-6-22-17(26)15(24)10-16(25)23-7-4-13(5-8-23)28-18(19,20)21;2-1-3/h2-3,13,15H,4-11H2,1H3,(H,22,26);1H,(H,2,3). The van der Waals surface area contributed by atoms with Gasteiger partial charge in [-0.15, -0.1) is 13.2 Å². The molecule has 2 aliphatic rings. The van der Waals surface area contributed by atoms with Gasteiger partial charge in [-0.3, -0.25) is 24.0 Å². The fourth-order valence-corrected chi connectivity index (χ4v) is 3.65. The van der Waals surface area contributed by atoms with Crippen molar-refractivity contribution < 1.29 is 41.8 Å². The minimum Gasteiger partial charge on any atom is -0.483 e. The number of hydrogen-bond acceptors (Lipinski definition) is 6. The molecule has 2 N–H and O–H groups in total. The van der Waals surface area contributed by atoms with Gasteiger partial charge in [-0.05, 0) is 31.9 Å². The molecule has 2 fully saturated rings. The lowest BCUT2D eigenvalue weighted by molar-refractivity contribution is -0.345. The Hall–Kier alpha value is -2.60. The topological polar surface area (TPSA) is 112 Å². The molecule has 0 spiro atoms. The van der Waals surface area contributed by atoms with E-state index in [4.69, 9.17) is 14.3 Å². The van der Waals surface area contributed by atoms with Gasteiger partial charge in [-0.25, -0.2) is 0 Å². The van der Waals surface area contributed by atoms with Gasteiger partial charge in [-0.1, -0.05) is 0 Å². The second-order valence-corrected chi connectivity index (χ2v) is 7.24. The third kappa shape index (κ3) is 7.87. The molecule has 0 aliphatic carbocycles. The fourth-order valence-electron chi connectivity index (χ4n) is 3.65. The zero-order valence-corrected chi connectivity index (χ0v) is 17.1. The molecule has 2 aliphatic heterocycles. The molecule has 31 heavy (non-hydrogen) atoms. The molecule has 12 heteroatoms. The molecule has 3 heterocycles. The van der Waals surface area contributed by atoms with E-state index in [1.165, 1.54) is 4.90 Å². The van der Waals surface area contributed by atoms with Crippen LogP contribution in [0, 0.1) is 6.92 Å². The van der Waals surface area contributed by atoms with Gasteiger partial charge in [0.05, 0.1) is 25.1 Å². The van der Waals surface area contributed by atoms with Gasteiger partial charge in [0.15, 0.2) is 0 Å². The Kier molecular flexibility index (Phi) is 8.87. The maximum atomic E-state index is 12.6. The second kappa shape index (κ2) is 11.1. The van der Waals surface area contributed by atoms with Crippen molar-refractivity contribution in [2.45, 2.75) is 51.2 Å². The highest BCUT2D eigenvalue weighted by Crippen LogP contribution is 2.25. The van der Waals surface area contributed by atoms with Crippen LogP contribution in [0.3, 0.4) is 0 Å². The number of halogens is 3. The molecule has 1 aromatic rings. The Balaban J connectivity index is 0.00000107. The van der Waals surface area contributed by atoms with E-state index in [1.54, 1.807) is 0 Å². The van der Waals surface area contributed by atoms with E-state index < -0.39 is 18.5 Å². The number of ether oxygens (including phenoxy) is 1. The van der Waals surface area contributed by atoms with E-state index in [-0.39, 0.29) is 50.6 Å². The van der Waals surface area contributed by atoms with Crippen LogP contribution in [-0.2, 0) is 25.7 Å². The summed E-state index contributed by atoms with van der Waals surface area (Å²) in [5, 5.41) is 9.66. The Labute approximate surface area is 177 Å². The number of piperidine rings is 1. The maximum absolute atomic E-state index is 12.6. The number of amides is 2. The summed E-state index contributed by atoms with van der Waals surface area (Å²) in [4.78, 5) is 36.7. The van der Waals surface area contributed by atoms with E-state index in [1.807, 2.05) is 24.0 Å². The predicted octanol–water partition coefficient (Wildman–Crippen LogP) is 1.51. The lowest BCUT2D eigenvalue weighted by atomic mass is 10.0. The van der Waals surface area contributed by atoms with Crippen LogP contribution in [0.25, 0.3) is 0 Å². The number of rotatable bonds is 5. The highest BCUT2D eigenvalue weighted by atomic mass is 19.4. The van der Waals surface area contributed by atoms with Gasteiger partial charge in [-0.2, -0.15) is 0 Å². The summed E-state index contributed by atoms with van der Waals surface area (Å²) >= 11 is 0. The molecule has 1 aromatic heterocycles. The van der Waals surface area contributed by atoms with Gasteiger partial charge >= 0.3 is 6.36 Å². The fraction of sp³-hybridized carbons (Fsp3) is 0.632. The Morgan fingerprint density at radius 2 is 1.97 bits per heavy atom. The summed E-state index contributed by atoms with van der Waals surface area (Å²) < 4.78 is 46.5. The van der Waals surface area contributed by atoms with Crippen LogP contribution in [0.5, 0.6) is 0 Å². The number of alkyl halides is 3. The van der Waals surface area contributed by atoms with Crippen LogP contribution in [0.4, 0.5) is 13.2 Å². The van der Waals surface area contributed by atoms with Gasteiger partial charge in [0, 0.05) is 26.2 Å². The first-order valence-electron chi connectivity index (χ1n) is 9.80. The van der Waals surface area contributed by atoms with Crippen molar-refractivity contribution in [3.05, 3.63) is 23.7 Å². The van der Waals surface area contributed by atoms with Crippen LogP contribution < -0.4 is 5.32 Å². The zero-order valence-electron chi connectivity index (χ0n) is 17.1. The molecular formula is C19H26F3N3O6. The lowest BCUT2D eigenvalue weighted by Gasteiger charge is -2.37. The molecule has 2 saturated heterocycles. The number of nitrogens with zero attached hydrogens (tertiary/aromatic N) is 2. The molecular weight excluding hydrogens is 423 g/mol. The Morgan fingerprint density at radius 1 is 1.32 bits per heavy atom. The summed E-state index contributed by atoms with van der Waals surface area (Å²) in [7, 11) is 0. The quantitative estimate of drug-likeness (QED) is 0.656. The largest absolute Gasteiger partial charge is 0.522 e. The number of carbonyl (C=O) groups is 3. The minimum absolute atomic E-state index is 0.0175. The smallest absolute Gasteiger partial charge is 0.483 e. The van der Waals surface area contributed by atoms with Crippen LogP contribution in [0.1, 0.15) is 30.8 Å². The Morgan fingerprint density at radius 3 is 2.52 bits per heavy atom. The molecule has 1 atom stereocenters. The number of likely N-dealkylation sites (tertiary alicyclic amines) is 1. The molecule has 174 valence electrons. The van der Waals surface area contributed by atoms with Crippen molar-refractivity contribution in [2.24, 2.45) is 0 Å². The van der Waals surface area contributed by atoms with E-state index in [9.17, 15) is 22.8 Å². The zero-order chi connectivity index (χ0) is 23.0. The van der Waals surface area contributed by atoms with Crippen LogP contribution in [-0.4, -0.2) is 77.9 Å². The van der Waals surface area contributed by atoms with Crippen molar-refractivity contribution in [3.63, 3.8) is 0 Å². The van der Waals surface area contributed by atoms with Crippen molar-refractivity contribution in [2.75, 3.05) is 26.2 Å². The van der Waals surface area contributed by atoms with Crippen LogP contribution in [0.2, 0.25) is 0 Å². The number of piperazine rings is 1. The predicted molar refractivity (Wildman–Crippen MR) is 101 cm³/mol. The number of carbonyl (C=O) groups excluding carboxylic acids is 2. The summed E-state index contributed by atoms with van der Waals surface area (Å²) in [5.41, 5.74) is 0. The normalized spacial score (nSPS) is 20.6. The third-order valence-electron chi connectivity index (χ3n) is 5.06. The van der Waals surface area contributed by atoms with Gasteiger partial charge in [0.2, 0.25) is 11.8 Å². The molecule has 0 radical (unpaired) electrons. The highest BCUT2D eigenvalue weighted by molar-refractivity contribution is 5.88. The van der Waals surface area contributed by atoms with Gasteiger partial charge in [0.25, 0.3) is 6.47 Å². The average molecular weight is 449 g/mol. The first kappa shape index (κ1) is 24.7. The summed E-state index contributed by atoms with van der Waals surface area (Å²) in [6.45, 7) is 3.45. The molecule has 9 nitrogen and oxygen atoms in total. The number of nitrogens with one attached hydrogen (secondary N) is 1. The van der Waals surface area contributed by atoms with E-state index in [0.29, 0.717) is 19.6 Å². The molecule has 2 amide bonds. The average Bonchev–Trinajstić information content (AvgIpc) is 3.09. The van der Waals surface area contributed by atoms with Crippen molar-refractivity contribution in [1.29, 1.82) is 0 Å². The minimum atomic E-state index is -4.66. The number of furan rings is 1. The van der Waals surface area contributed by atoms with E-state index >= 15 is 0 Å².